The van der Waals surface area contributed by atoms with Crippen LogP contribution < -0.4 is 5.73 Å². The predicted octanol–water partition coefficient (Wildman–Crippen LogP) is 5.03. The Morgan fingerprint density at radius 2 is 1.84 bits per heavy atom. The number of furan rings is 1. The van der Waals surface area contributed by atoms with Crippen LogP contribution in [0.15, 0.2) is 77.3 Å². The minimum absolute atomic E-state index is 0.0550. The highest BCUT2D eigenvalue weighted by Gasteiger charge is 2.37. The van der Waals surface area contributed by atoms with Crippen LogP contribution in [-0.4, -0.2) is 28.0 Å². The molecule has 2 aromatic carbocycles. The Kier molecular flexibility index (Phi) is 5.35. The number of benzene rings is 2. The lowest BCUT2D eigenvalue weighted by Gasteiger charge is -2.23. The zero-order valence-corrected chi connectivity index (χ0v) is 18.6. The van der Waals surface area contributed by atoms with Crippen molar-refractivity contribution < 1.29 is 9.21 Å². The normalized spacial score (nSPS) is 19.5. The summed E-state index contributed by atoms with van der Waals surface area (Å²) in [5.41, 5.74) is 9.71. The molecule has 0 radical (unpaired) electrons. The summed E-state index contributed by atoms with van der Waals surface area (Å²) in [7, 11) is 2.08. The Bertz CT molecular complexity index is 1240. The number of aryl methyl sites for hydroxylation is 1. The molecule has 32 heavy (non-hydrogen) atoms. The molecule has 4 aromatic rings. The van der Waals surface area contributed by atoms with E-state index in [1.54, 1.807) is 6.07 Å². The van der Waals surface area contributed by atoms with Gasteiger partial charge in [-0.15, -0.1) is 0 Å². The van der Waals surface area contributed by atoms with Crippen LogP contribution in [0.25, 0.3) is 10.9 Å². The van der Waals surface area contributed by atoms with Crippen LogP contribution in [0.1, 0.15) is 52.7 Å². The molecule has 1 fully saturated rings. The van der Waals surface area contributed by atoms with Crippen LogP contribution in [0.2, 0.25) is 0 Å². The molecule has 1 aliphatic rings. The van der Waals surface area contributed by atoms with Gasteiger partial charge < -0.3 is 19.6 Å². The summed E-state index contributed by atoms with van der Waals surface area (Å²) in [6.45, 7) is 2.55. The molecule has 5 heteroatoms. The van der Waals surface area contributed by atoms with Crippen LogP contribution in [0, 0.1) is 0 Å². The second-order valence-corrected chi connectivity index (χ2v) is 8.93. The Morgan fingerprint density at radius 1 is 1.09 bits per heavy atom. The first-order valence-electron chi connectivity index (χ1n) is 11.3. The van der Waals surface area contributed by atoms with Gasteiger partial charge in [0, 0.05) is 42.7 Å². The Labute approximate surface area is 188 Å². The van der Waals surface area contributed by atoms with E-state index in [0.29, 0.717) is 24.0 Å². The van der Waals surface area contributed by atoms with Crippen LogP contribution in [0.4, 0.5) is 0 Å². The number of likely N-dealkylation sites (tertiary alicyclic amines) is 1. The van der Waals surface area contributed by atoms with E-state index < -0.39 is 0 Å². The second kappa shape index (κ2) is 8.32. The van der Waals surface area contributed by atoms with Crippen molar-refractivity contribution in [2.24, 2.45) is 12.8 Å². The number of para-hydroxylation sites is 1. The third-order valence-corrected chi connectivity index (χ3v) is 6.67. The lowest BCUT2D eigenvalue weighted by Crippen LogP contribution is -2.36. The van der Waals surface area contributed by atoms with Crippen molar-refractivity contribution in [1.29, 1.82) is 0 Å². The SMILES string of the molecule is C[C@H](N)c1ccc(C(=O)N2C[C@@H](c3ccccc3)C[C@H]2Cc2cn(C)c3ccccc23)o1. The monoisotopic (exact) mass is 427 g/mol. The van der Waals surface area contributed by atoms with Gasteiger partial charge in [-0.1, -0.05) is 48.5 Å². The van der Waals surface area contributed by atoms with Crippen LogP contribution in [0.3, 0.4) is 0 Å². The van der Waals surface area contributed by atoms with Gasteiger partial charge in [-0.05, 0) is 49.1 Å². The molecule has 3 atom stereocenters. The lowest BCUT2D eigenvalue weighted by molar-refractivity contribution is 0.0700. The quantitative estimate of drug-likeness (QED) is 0.486. The van der Waals surface area contributed by atoms with E-state index in [1.807, 2.05) is 24.0 Å². The zero-order chi connectivity index (χ0) is 22.2. The summed E-state index contributed by atoms with van der Waals surface area (Å²) in [6.07, 6.45) is 3.95. The number of nitrogens with two attached hydrogens (primary N) is 1. The number of aromatic nitrogens is 1. The highest BCUT2D eigenvalue weighted by atomic mass is 16.4. The van der Waals surface area contributed by atoms with Crippen LogP contribution >= 0.6 is 0 Å². The van der Waals surface area contributed by atoms with Crippen molar-refractivity contribution in [3.05, 3.63) is 95.6 Å². The van der Waals surface area contributed by atoms with Crippen molar-refractivity contribution in [2.75, 3.05) is 6.54 Å². The molecule has 2 aromatic heterocycles. The molecule has 0 unspecified atom stereocenters. The molecule has 2 N–H and O–H groups in total. The average molecular weight is 428 g/mol. The molecule has 5 nitrogen and oxygen atoms in total. The summed E-state index contributed by atoms with van der Waals surface area (Å²) in [5.74, 6) is 1.26. The molecule has 1 saturated heterocycles. The van der Waals surface area contributed by atoms with E-state index in [1.165, 1.54) is 22.0 Å². The maximum absolute atomic E-state index is 13.5. The molecular weight excluding hydrogens is 398 g/mol. The molecule has 0 spiro atoms. The standard InChI is InChI=1S/C27H29N3O2/c1-18(28)25-12-13-26(32-25)27(31)30-17-20(19-8-4-3-5-9-19)14-22(30)15-21-16-29(2)24-11-7-6-10-23(21)24/h3-13,16,18,20,22H,14-15,17,28H2,1-2H3/t18-,20-,22-/m0/s1. The first kappa shape index (κ1) is 20.6. The van der Waals surface area contributed by atoms with E-state index in [2.05, 4.69) is 66.3 Å². The summed E-state index contributed by atoms with van der Waals surface area (Å²) in [5, 5.41) is 1.25. The lowest BCUT2D eigenvalue weighted by atomic mass is 9.94. The van der Waals surface area contributed by atoms with E-state index in [4.69, 9.17) is 10.2 Å². The fourth-order valence-electron chi connectivity index (χ4n) is 5.02. The number of hydrogen-bond donors (Lipinski definition) is 1. The number of carbonyl (C=O) groups is 1. The largest absolute Gasteiger partial charge is 0.454 e. The van der Waals surface area contributed by atoms with Gasteiger partial charge in [-0.25, -0.2) is 0 Å². The highest BCUT2D eigenvalue weighted by molar-refractivity contribution is 5.92. The number of hydrogen-bond acceptors (Lipinski definition) is 3. The molecule has 1 amide bonds. The Balaban J connectivity index is 1.47. The summed E-state index contributed by atoms with van der Waals surface area (Å²) < 4.78 is 7.98. The number of carbonyl (C=O) groups excluding carboxylic acids is 1. The van der Waals surface area contributed by atoms with Gasteiger partial charge in [0.05, 0.1) is 6.04 Å². The van der Waals surface area contributed by atoms with E-state index in [9.17, 15) is 4.79 Å². The van der Waals surface area contributed by atoms with Gasteiger partial charge >= 0.3 is 0 Å². The zero-order valence-electron chi connectivity index (χ0n) is 18.6. The number of amides is 1. The molecule has 0 saturated carbocycles. The van der Waals surface area contributed by atoms with Crippen molar-refractivity contribution in [3.8, 4) is 0 Å². The topological polar surface area (TPSA) is 64.4 Å². The summed E-state index contributed by atoms with van der Waals surface area (Å²) in [4.78, 5) is 15.5. The first-order valence-corrected chi connectivity index (χ1v) is 11.3. The van der Waals surface area contributed by atoms with E-state index >= 15 is 0 Å². The number of nitrogens with zero attached hydrogens (tertiary/aromatic N) is 2. The smallest absolute Gasteiger partial charge is 0.289 e. The van der Waals surface area contributed by atoms with Gasteiger partial charge in [0.2, 0.25) is 0 Å². The summed E-state index contributed by atoms with van der Waals surface area (Å²) in [6, 6.07) is 22.4. The molecule has 164 valence electrons. The second-order valence-electron chi connectivity index (χ2n) is 8.93. The summed E-state index contributed by atoms with van der Waals surface area (Å²) >= 11 is 0. The van der Waals surface area contributed by atoms with Gasteiger partial charge in [-0.3, -0.25) is 4.79 Å². The third-order valence-electron chi connectivity index (χ3n) is 6.67. The van der Waals surface area contributed by atoms with Crippen molar-refractivity contribution in [3.63, 3.8) is 0 Å². The average Bonchev–Trinajstić information content (AvgIpc) is 3.53. The van der Waals surface area contributed by atoms with Gasteiger partial charge in [-0.2, -0.15) is 0 Å². The third kappa shape index (κ3) is 3.73. The van der Waals surface area contributed by atoms with Gasteiger partial charge in [0.1, 0.15) is 5.76 Å². The van der Waals surface area contributed by atoms with Crippen molar-refractivity contribution in [1.82, 2.24) is 9.47 Å². The van der Waals surface area contributed by atoms with Crippen molar-refractivity contribution >= 4 is 16.8 Å². The predicted molar refractivity (Wildman–Crippen MR) is 127 cm³/mol. The van der Waals surface area contributed by atoms with E-state index in [-0.39, 0.29) is 18.0 Å². The minimum Gasteiger partial charge on any atom is -0.454 e. The maximum atomic E-state index is 13.5. The fraction of sp³-hybridized carbons (Fsp3) is 0.296. The molecule has 0 bridgehead atoms. The van der Waals surface area contributed by atoms with Gasteiger partial charge in [0.25, 0.3) is 5.91 Å². The molecular formula is C27H29N3O2. The Morgan fingerprint density at radius 3 is 2.59 bits per heavy atom. The van der Waals surface area contributed by atoms with E-state index in [0.717, 1.165) is 12.8 Å². The van der Waals surface area contributed by atoms with Gasteiger partial charge in [0.15, 0.2) is 5.76 Å². The maximum Gasteiger partial charge on any atom is 0.289 e. The number of fused-ring (bicyclic) bond motifs is 1. The molecule has 5 rings (SSSR count). The Hall–Kier alpha value is -3.31. The first-order chi connectivity index (χ1) is 15.5. The fourth-order valence-corrected chi connectivity index (χ4v) is 5.02. The van der Waals surface area contributed by atoms with Crippen molar-refractivity contribution in [2.45, 2.75) is 37.8 Å². The highest BCUT2D eigenvalue weighted by Crippen LogP contribution is 2.36. The minimum atomic E-state index is -0.237. The molecule has 0 aliphatic carbocycles. The molecule has 1 aliphatic heterocycles. The van der Waals surface area contributed by atoms with Crippen LogP contribution in [-0.2, 0) is 13.5 Å². The number of rotatable bonds is 5. The molecule has 3 heterocycles. The van der Waals surface area contributed by atoms with Crippen LogP contribution in [0.5, 0.6) is 0 Å².